The van der Waals surface area contributed by atoms with Gasteiger partial charge in [-0.25, -0.2) is 4.98 Å². The van der Waals surface area contributed by atoms with E-state index in [9.17, 15) is 8.42 Å². The van der Waals surface area contributed by atoms with Crippen LogP contribution in [0.3, 0.4) is 0 Å². The van der Waals surface area contributed by atoms with Crippen LogP contribution >= 0.6 is 15.9 Å². The van der Waals surface area contributed by atoms with Gasteiger partial charge in [0.25, 0.3) is 10.0 Å². The van der Waals surface area contributed by atoms with Crippen molar-refractivity contribution in [2.75, 3.05) is 0 Å². The van der Waals surface area contributed by atoms with Crippen LogP contribution in [-0.4, -0.2) is 22.6 Å². The molecule has 0 spiro atoms. The second-order valence-electron chi connectivity index (χ2n) is 5.69. The fourth-order valence-corrected chi connectivity index (χ4v) is 4.95. The van der Waals surface area contributed by atoms with Gasteiger partial charge in [0, 0.05) is 16.1 Å². The first-order chi connectivity index (χ1) is 10.7. The molecule has 0 bridgehead atoms. The third-order valence-corrected chi connectivity index (χ3v) is 6.04. The van der Waals surface area contributed by atoms with Gasteiger partial charge in [0.2, 0.25) is 0 Å². The molecule has 0 saturated carbocycles. The molecule has 120 valence electrons. The molecular formula is C16H16BrN3O2S. The maximum absolute atomic E-state index is 13.1. The molecule has 23 heavy (non-hydrogen) atoms. The van der Waals surface area contributed by atoms with E-state index in [0.717, 1.165) is 14.1 Å². The molecule has 0 aliphatic rings. The van der Waals surface area contributed by atoms with E-state index in [1.54, 1.807) is 27.0 Å². The van der Waals surface area contributed by atoms with Crippen LogP contribution in [0.4, 0.5) is 0 Å². The van der Waals surface area contributed by atoms with Gasteiger partial charge in [0.05, 0.1) is 10.6 Å². The zero-order valence-corrected chi connectivity index (χ0v) is 15.7. The standard InChI is InChI=1S/C16H16BrN3O2S/c1-9-5-10(2)15(11(3)6-9)23(21,22)20-16-14(12(4)19-20)7-13(17)8-18-16/h5-8H,1-4H3. The lowest BCUT2D eigenvalue weighted by Gasteiger charge is -2.12. The summed E-state index contributed by atoms with van der Waals surface area (Å²) < 4.78 is 28.1. The molecule has 0 aliphatic carbocycles. The highest BCUT2D eigenvalue weighted by Gasteiger charge is 2.26. The summed E-state index contributed by atoms with van der Waals surface area (Å²) in [6.07, 6.45) is 1.57. The van der Waals surface area contributed by atoms with Gasteiger partial charge in [-0.3, -0.25) is 0 Å². The average molecular weight is 394 g/mol. The second-order valence-corrected chi connectivity index (χ2v) is 8.31. The van der Waals surface area contributed by atoms with E-state index in [2.05, 4.69) is 26.0 Å². The van der Waals surface area contributed by atoms with Crippen molar-refractivity contribution in [3.05, 3.63) is 51.3 Å². The predicted octanol–water partition coefficient (Wildman–Crippen LogP) is 3.66. The largest absolute Gasteiger partial charge is 0.285 e. The molecule has 0 fully saturated rings. The minimum Gasteiger partial charge on any atom is -0.235 e. The molecule has 7 heteroatoms. The number of pyridine rings is 1. The quantitative estimate of drug-likeness (QED) is 0.666. The average Bonchev–Trinajstić information content (AvgIpc) is 2.75. The second kappa shape index (κ2) is 5.42. The van der Waals surface area contributed by atoms with Crippen LogP contribution in [0.1, 0.15) is 22.4 Å². The Hall–Kier alpha value is -1.73. The van der Waals surface area contributed by atoms with Crippen LogP contribution in [0.2, 0.25) is 0 Å². The molecule has 1 aromatic carbocycles. The van der Waals surface area contributed by atoms with Crippen LogP contribution in [-0.2, 0) is 10.0 Å². The number of hydrogen-bond acceptors (Lipinski definition) is 4. The van der Waals surface area contributed by atoms with E-state index in [1.165, 1.54) is 0 Å². The first kappa shape index (κ1) is 16.1. The summed E-state index contributed by atoms with van der Waals surface area (Å²) in [5.41, 5.74) is 3.41. The predicted molar refractivity (Wildman–Crippen MR) is 93.2 cm³/mol. The Morgan fingerprint density at radius 2 is 1.65 bits per heavy atom. The highest BCUT2D eigenvalue weighted by molar-refractivity contribution is 9.10. The Balaban J connectivity index is 2.35. The minimum atomic E-state index is -3.81. The summed E-state index contributed by atoms with van der Waals surface area (Å²) >= 11 is 3.35. The molecule has 2 aromatic heterocycles. The Morgan fingerprint density at radius 1 is 1.04 bits per heavy atom. The van der Waals surface area contributed by atoms with E-state index in [1.807, 2.05) is 25.1 Å². The van der Waals surface area contributed by atoms with Crippen molar-refractivity contribution in [3.8, 4) is 0 Å². The highest BCUT2D eigenvalue weighted by atomic mass is 79.9. The molecule has 0 saturated heterocycles. The molecule has 0 amide bonds. The Bertz CT molecular complexity index is 1020. The minimum absolute atomic E-state index is 0.289. The van der Waals surface area contributed by atoms with Crippen molar-refractivity contribution in [1.29, 1.82) is 0 Å². The van der Waals surface area contributed by atoms with Gasteiger partial charge < -0.3 is 0 Å². The fraction of sp³-hybridized carbons (Fsp3) is 0.250. The van der Waals surface area contributed by atoms with E-state index < -0.39 is 10.0 Å². The zero-order chi connectivity index (χ0) is 16.9. The molecule has 5 nitrogen and oxygen atoms in total. The number of rotatable bonds is 2. The maximum atomic E-state index is 13.1. The fourth-order valence-electron chi connectivity index (χ4n) is 2.92. The molecule has 3 aromatic rings. The Kier molecular flexibility index (Phi) is 3.80. The van der Waals surface area contributed by atoms with Gasteiger partial charge in [-0.05, 0) is 60.8 Å². The van der Waals surface area contributed by atoms with Crippen LogP contribution in [0.25, 0.3) is 11.0 Å². The number of halogens is 1. The normalized spacial score (nSPS) is 12.0. The number of aromatic nitrogens is 3. The SMILES string of the molecule is Cc1cc(C)c(S(=O)(=O)n2nc(C)c3cc(Br)cnc32)c(C)c1. The number of benzene rings is 1. The van der Waals surface area contributed by atoms with Crippen LogP contribution in [0, 0.1) is 27.7 Å². The molecule has 0 radical (unpaired) electrons. The van der Waals surface area contributed by atoms with Crippen molar-refractivity contribution < 1.29 is 8.42 Å². The summed E-state index contributed by atoms with van der Waals surface area (Å²) in [7, 11) is -3.81. The first-order valence-corrected chi connectivity index (χ1v) is 9.29. The Morgan fingerprint density at radius 3 is 2.26 bits per heavy atom. The number of nitrogens with zero attached hydrogens (tertiary/aromatic N) is 3. The summed E-state index contributed by atoms with van der Waals surface area (Å²) in [6, 6.07) is 5.55. The van der Waals surface area contributed by atoms with E-state index >= 15 is 0 Å². The highest BCUT2D eigenvalue weighted by Crippen LogP contribution is 2.28. The molecular weight excluding hydrogens is 378 g/mol. The lowest BCUT2D eigenvalue weighted by Crippen LogP contribution is -2.17. The smallest absolute Gasteiger partial charge is 0.235 e. The van der Waals surface area contributed by atoms with Gasteiger partial charge in [-0.1, -0.05) is 17.7 Å². The molecule has 2 heterocycles. The first-order valence-electron chi connectivity index (χ1n) is 7.06. The molecule has 3 rings (SSSR count). The van der Waals surface area contributed by atoms with Crippen LogP contribution < -0.4 is 0 Å². The van der Waals surface area contributed by atoms with Crippen LogP contribution in [0.15, 0.2) is 33.8 Å². The lowest BCUT2D eigenvalue weighted by atomic mass is 10.1. The van der Waals surface area contributed by atoms with Crippen molar-refractivity contribution in [3.63, 3.8) is 0 Å². The summed E-state index contributed by atoms with van der Waals surface area (Å²) in [5.74, 6) is 0. The topological polar surface area (TPSA) is 64.8 Å². The van der Waals surface area contributed by atoms with Gasteiger partial charge in [-0.2, -0.15) is 13.5 Å². The third-order valence-electron chi connectivity index (χ3n) is 3.74. The lowest BCUT2D eigenvalue weighted by molar-refractivity contribution is 0.580. The van der Waals surface area contributed by atoms with Gasteiger partial charge in [0.15, 0.2) is 5.65 Å². The summed E-state index contributed by atoms with van der Waals surface area (Å²) in [6.45, 7) is 7.32. The van der Waals surface area contributed by atoms with Crippen LogP contribution in [0.5, 0.6) is 0 Å². The summed E-state index contributed by atoms with van der Waals surface area (Å²) in [4.78, 5) is 4.53. The van der Waals surface area contributed by atoms with E-state index in [4.69, 9.17) is 0 Å². The van der Waals surface area contributed by atoms with Gasteiger partial charge in [0.1, 0.15) is 0 Å². The van der Waals surface area contributed by atoms with Crippen molar-refractivity contribution >= 4 is 37.0 Å². The van der Waals surface area contributed by atoms with E-state index in [-0.39, 0.29) is 4.90 Å². The number of aryl methyl sites for hydroxylation is 4. The number of fused-ring (bicyclic) bond motifs is 1. The number of hydrogen-bond donors (Lipinski definition) is 0. The van der Waals surface area contributed by atoms with E-state index in [0.29, 0.717) is 27.9 Å². The third kappa shape index (κ3) is 2.57. The van der Waals surface area contributed by atoms with Gasteiger partial charge in [-0.15, -0.1) is 4.09 Å². The van der Waals surface area contributed by atoms with Crippen molar-refractivity contribution in [2.24, 2.45) is 0 Å². The zero-order valence-electron chi connectivity index (χ0n) is 13.3. The summed E-state index contributed by atoms with van der Waals surface area (Å²) in [5, 5.41) is 4.94. The van der Waals surface area contributed by atoms with Crippen molar-refractivity contribution in [1.82, 2.24) is 14.2 Å². The molecule has 0 N–H and O–H groups in total. The van der Waals surface area contributed by atoms with Crippen molar-refractivity contribution in [2.45, 2.75) is 32.6 Å². The molecule has 0 unspecified atom stereocenters. The molecule has 0 atom stereocenters. The van der Waals surface area contributed by atoms with Gasteiger partial charge >= 0.3 is 0 Å². The molecule has 0 aliphatic heterocycles. The monoisotopic (exact) mass is 393 g/mol. The Labute approximate surface area is 143 Å². The maximum Gasteiger partial charge on any atom is 0.285 e.